The van der Waals surface area contributed by atoms with Crippen molar-refractivity contribution in [3.63, 3.8) is 0 Å². The first-order chi connectivity index (χ1) is 17.0. The summed E-state index contributed by atoms with van der Waals surface area (Å²) in [6.45, 7) is 4.20. The molecule has 10 heteroatoms. The Morgan fingerprint density at radius 3 is 2.42 bits per heavy atom. The Hall–Kier alpha value is -4.21. The minimum Gasteiger partial charge on any atom is -0.343 e. The van der Waals surface area contributed by atoms with Crippen LogP contribution in [0.2, 0.25) is 0 Å². The van der Waals surface area contributed by atoms with E-state index in [1.54, 1.807) is 29.9 Å². The van der Waals surface area contributed by atoms with Crippen molar-refractivity contribution in [3.8, 4) is 11.3 Å². The van der Waals surface area contributed by atoms with Crippen LogP contribution in [-0.4, -0.2) is 39.3 Å². The summed E-state index contributed by atoms with van der Waals surface area (Å²) in [4.78, 5) is 30.4. The molecule has 0 fully saturated rings. The number of nitrogens with one attached hydrogen (secondary N) is 2. The van der Waals surface area contributed by atoms with Crippen LogP contribution in [0, 0.1) is 6.92 Å². The second kappa shape index (κ2) is 9.80. The number of carbonyl (C=O) groups excluding carboxylic acids is 2. The van der Waals surface area contributed by atoms with E-state index in [0.29, 0.717) is 33.5 Å². The SMILES string of the molecule is Cc1ccc(C(=O)NCC(F)(F)F)cc1NC(=O)c1cc(-c2ccccc2)nc2c1cnn2C(C)C. The maximum absolute atomic E-state index is 13.5. The lowest BCUT2D eigenvalue weighted by molar-refractivity contribution is -0.123. The molecule has 0 saturated heterocycles. The number of benzene rings is 2. The number of hydrogen-bond donors (Lipinski definition) is 2. The second-order valence-electron chi connectivity index (χ2n) is 8.62. The number of anilines is 1. The molecule has 0 atom stereocenters. The van der Waals surface area contributed by atoms with Gasteiger partial charge in [0.25, 0.3) is 11.8 Å². The van der Waals surface area contributed by atoms with Crippen molar-refractivity contribution in [3.05, 3.63) is 77.5 Å². The molecule has 0 saturated carbocycles. The van der Waals surface area contributed by atoms with Crippen molar-refractivity contribution >= 4 is 28.5 Å². The highest BCUT2D eigenvalue weighted by atomic mass is 19.4. The molecule has 0 spiro atoms. The average Bonchev–Trinajstić information content (AvgIpc) is 3.27. The minimum absolute atomic E-state index is 0.00220. The molecule has 0 bridgehead atoms. The zero-order valence-electron chi connectivity index (χ0n) is 19.8. The monoisotopic (exact) mass is 495 g/mol. The first-order valence-corrected chi connectivity index (χ1v) is 11.2. The van der Waals surface area contributed by atoms with Crippen LogP contribution in [0.4, 0.5) is 18.9 Å². The third kappa shape index (κ3) is 5.37. The van der Waals surface area contributed by atoms with E-state index in [9.17, 15) is 22.8 Å². The zero-order valence-corrected chi connectivity index (χ0v) is 19.8. The van der Waals surface area contributed by atoms with Crippen molar-refractivity contribution in [2.45, 2.75) is 33.0 Å². The molecule has 36 heavy (non-hydrogen) atoms. The summed E-state index contributed by atoms with van der Waals surface area (Å²) < 4.78 is 39.2. The number of alkyl halides is 3. The molecule has 0 aliphatic heterocycles. The number of aryl methyl sites for hydroxylation is 1. The second-order valence-corrected chi connectivity index (χ2v) is 8.62. The van der Waals surface area contributed by atoms with Crippen LogP contribution in [0.15, 0.2) is 60.8 Å². The van der Waals surface area contributed by atoms with Crippen molar-refractivity contribution in [2.24, 2.45) is 0 Å². The molecular weight excluding hydrogens is 471 g/mol. The fourth-order valence-electron chi connectivity index (χ4n) is 3.71. The van der Waals surface area contributed by atoms with E-state index in [-0.39, 0.29) is 11.6 Å². The van der Waals surface area contributed by atoms with Crippen molar-refractivity contribution < 1.29 is 22.8 Å². The van der Waals surface area contributed by atoms with Gasteiger partial charge in [-0.1, -0.05) is 36.4 Å². The van der Waals surface area contributed by atoms with Gasteiger partial charge in [-0.2, -0.15) is 18.3 Å². The molecule has 0 aliphatic carbocycles. The third-order valence-electron chi connectivity index (χ3n) is 5.57. The number of carbonyl (C=O) groups is 2. The molecule has 4 rings (SSSR count). The van der Waals surface area contributed by atoms with Crippen LogP contribution in [0.3, 0.4) is 0 Å². The molecule has 2 N–H and O–H groups in total. The number of amides is 2. The van der Waals surface area contributed by atoms with E-state index < -0.39 is 24.5 Å². The fraction of sp³-hybridized carbons (Fsp3) is 0.231. The first-order valence-electron chi connectivity index (χ1n) is 11.2. The van der Waals surface area contributed by atoms with Gasteiger partial charge in [0, 0.05) is 22.9 Å². The molecule has 2 amide bonds. The van der Waals surface area contributed by atoms with E-state index in [2.05, 4.69) is 10.4 Å². The normalized spacial score (nSPS) is 11.6. The summed E-state index contributed by atoms with van der Waals surface area (Å²) >= 11 is 0. The summed E-state index contributed by atoms with van der Waals surface area (Å²) in [6, 6.07) is 15.4. The highest BCUT2D eigenvalue weighted by molar-refractivity contribution is 6.13. The number of hydrogen-bond acceptors (Lipinski definition) is 4. The van der Waals surface area contributed by atoms with Gasteiger partial charge in [0.2, 0.25) is 0 Å². The molecule has 2 aromatic carbocycles. The number of nitrogens with zero attached hydrogens (tertiary/aromatic N) is 3. The molecule has 186 valence electrons. The fourth-order valence-corrected chi connectivity index (χ4v) is 3.71. The average molecular weight is 496 g/mol. The standard InChI is InChI=1S/C26H24F3N5O2/c1-15(2)34-23-20(13-31-34)19(12-22(32-23)17-7-5-4-6-8-17)25(36)33-21-11-18(10-9-16(21)3)24(35)30-14-26(27,28)29/h4-13,15H,14H2,1-3H3,(H,30,35)(H,33,36). The largest absolute Gasteiger partial charge is 0.405 e. The summed E-state index contributed by atoms with van der Waals surface area (Å²) in [5.74, 6) is -1.35. The molecule has 0 aliphatic rings. The van der Waals surface area contributed by atoms with Gasteiger partial charge in [-0.3, -0.25) is 9.59 Å². The minimum atomic E-state index is -4.53. The number of rotatable bonds is 6. The first kappa shape index (κ1) is 24.9. The van der Waals surface area contributed by atoms with E-state index >= 15 is 0 Å². The topological polar surface area (TPSA) is 88.9 Å². The van der Waals surface area contributed by atoms with Crippen LogP contribution >= 0.6 is 0 Å². The number of halogens is 3. The van der Waals surface area contributed by atoms with Gasteiger partial charge >= 0.3 is 6.18 Å². The molecule has 0 unspecified atom stereocenters. The van der Waals surface area contributed by atoms with Gasteiger partial charge in [0.15, 0.2) is 5.65 Å². The van der Waals surface area contributed by atoms with E-state index in [1.165, 1.54) is 12.1 Å². The van der Waals surface area contributed by atoms with Crippen molar-refractivity contribution in [2.75, 3.05) is 11.9 Å². The van der Waals surface area contributed by atoms with E-state index in [0.717, 1.165) is 5.56 Å². The van der Waals surface area contributed by atoms with E-state index in [4.69, 9.17) is 4.98 Å². The lowest BCUT2D eigenvalue weighted by Gasteiger charge is -2.13. The molecule has 4 aromatic rings. The van der Waals surface area contributed by atoms with Gasteiger partial charge in [0.1, 0.15) is 6.54 Å². The predicted molar refractivity (Wildman–Crippen MR) is 131 cm³/mol. The number of aromatic nitrogens is 3. The van der Waals surface area contributed by atoms with Crippen LogP contribution in [0.1, 0.15) is 46.2 Å². The van der Waals surface area contributed by atoms with Gasteiger partial charge in [-0.25, -0.2) is 9.67 Å². The van der Waals surface area contributed by atoms with Crippen LogP contribution in [0.25, 0.3) is 22.3 Å². The molecule has 7 nitrogen and oxygen atoms in total. The Labute approximate surface area is 205 Å². The maximum Gasteiger partial charge on any atom is 0.405 e. The van der Waals surface area contributed by atoms with Gasteiger partial charge in [0.05, 0.1) is 22.8 Å². The quantitative estimate of drug-likeness (QED) is 0.368. The summed E-state index contributed by atoms with van der Waals surface area (Å²) in [5, 5.41) is 9.59. The number of pyridine rings is 1. The van der Waals surface area contributed by atoms with E-state index in [1.807, 2.05) is 49.5 Å². The highest BCUT2D eigenvalue weighted by Gasteiger charge is 2.28. The predicted octanol–water partition coefficient (Wildman–Crippen LogP) is 5.53. The maximum atomic E-state index is 13.5. The third-order valence-corrected chi connectivity index (χ3v) is 5.57. The Kier molecular flexibility index (Phi) is 6.78. The van der Waals surface area contributed by atoms with Gasteiger partial charge in [-0.15, -0.1) is 0 Å². The van der Waals surface area contributed by atoms with Crippen molar-refractivity contribution in [1.82, 2.24) is 20.1 Å². The summed E-state index contributed by atoms with van der Waals surface area (Å²) in [5.41, 5.74) is 3.24. The molecule has 2 heterocycles. The smallest absolute Gasteiger partial charge is 0.343 e. The van der Waals surface area contributed by atoms with Crippen LogP contribution in [0.5, 0.6) is 0 Å². The zero-order chi connectivity index (χ0) is 26.0. The van der Waals surface area contributed by atoms with Crippen molar-refractivity contribution in [1.29, 1.82) is 0 Å². The molecular formula is C26H24F3N5O2. The van der Waals surface area contributed by atoms with Crippen LogP contribution in [-0.2, 0) is 0 Å². The molecule has 0 radical (unpaired) electrons. The summed E-state index contributed by atoms with van der Waals surface area (Å²) in [7, 11) is 0. The molecule has 2 aromatic heterocycles. The van der Waals surface area contributed by atoms with Gasteiger partial charge in [-0.05, 0) is 44.5 Å². The number of fused-ring (bicyclic) bond motifs is 1. The summed E-state index contributed by atoms with van der Waals surface area (Å²) in [6.07, 6.45) is -2.94. The highest BCUT2D eigenvalue weighted by Crippen LogP contribution is 2.28. The Balaban J connectivity index is 1.71. The Morgan fingerprint density at radius 1 is 1.03 bits per heavy atom. The lowest BCUT2D eigenvalue weighted by atomic mass is 10.1. The van der Waals surface area contributed by atoms with Crippen LogP contribution < -0.4 is 10.6 Å². The Bertz CT molecular complexity index is 1430. The Morgan fingerprint density at radius 2 is 1.75 bits per heavy atom. The van der Waals surface area contributed by atoms with Gasteiger partial charge < -0.3 is 10.6 Å². The lowest BCUT2D eigenvalue weighted by Crippen LogP contribution is -2.33.